The molecule has 0 amide bonds. The van der Waals surface area contributed by atoms with Gasteiger partial charge in [0.1, 0.15) is 0 Å². The van der Waals surface area contributed by atoms with Crippen LogP contribution in [0.15, 0.2) is 48.5 Å². The van der Waals surface area contributed by atoms with Gasteiger partial charge in [-0.3, -0.25) is 9.80 Å². The van der Waals surface area contributed by atoms with Crippen LogP contribution in [-0.2, 0) is 6.54 Å². The first-order chi connectivity index (χ1) is 15.2. The molecule has 2 aromatic rings. The van der Waals surface area contributed by atoms with Crippen LogP contribution in [0, 0.1) is 18.8 Å². The molecule has 0 unspecified atom stereocenters. The molecule has 164 valence electrons. The van der Waals surface area contributed by atoms with Crippen LogP contribution in [-0.4, -0.2) is 66.8 Å². The molecule has 0 aromatic heterocycles. The lowest BCUT2D eigenvalue weighted by Crippen LogP contribution is -2.55. The van der Waals surface area contributed by atoms with Crippen LogP contribution < -0.4 is 4.90 Å². The van der Waals surface area contributed by atoms with Crippen LogP contribution >= 0.6 is 0 Å². The van der Waals surface area contributed by atoms with Crippen LogP contribution in [0.4, 0.5) is 5.69 Å². The summed E-state index contributed by atoms with van der Waals surface area (Å²) in [6.07, 6.45) is 3.14. The lowest BCUT2D eigenvalue weighted by molar-refractivity contribution is 0.0887. The highest BCUT2D eigenvalue weighted by Gasteiger charge is 2.28. The van der Waals surface area contributed by atoms with Gasteiger partial charge in [-0.05, 0) is 55.6 Å². The minimum absolute atomic E-state index is 0.127. The Hall–Kier alpha value is -2.32. The fraction of sp³-hybridized carbons (Fsp3) is 0.481. The van der Waals surface area contributed by atoms with E-state index in [2.05, 4.69) is 82.0 Å². The number of aliphatic hydroxyl groups excluding tert-OH is 1. The molecule has 2 heterocycles. The van der Waals surface area contributed by atoms with Crippen molar-refractivity contribution in [1.82, 2.24) is 9.80 Å². The molecule has 0 aliphatic carbocycles. The van der Waals surface area contributed by atoms with Gasteiger partial charge in [0.05, 0.1) is 6.61 Å². The van der Waals surface area contributed by atoms with Gasteiger partial charge in [0.25, 0.3) is 0 Å². The predicted octanol–water partition coefficient (Wildman–Crippen LogP) is 3.52. The summed E-state index contributed by atoms with van der Waals surface area (Å²) >= 11 is 0. The monoisotopic (exact) mass is 417 g/mol. The summed E-state index contributed by atoms with van der Waals surface area (Å²) in [6, 6.07) is 18.0. The molecule has 0 radical (unpaired) electrons. The standard InChI is InChI=1S/C27H35N3O/c1-23-7-2-3-10-27(23)30-18-16-29(17-19-30)26-9-6-15-28(22-26)21-25-13-11-24(12-14-25)8-4-5-20-31/h2-3,7,10-14,26,31H,5-6,9,15-22H2,1H3/t26-/m0/s1. The Morgan fingerprint density at radius 2 is 1.74 bits per heavy atom. The number of anilines is 1. The van der Waals surface area contributed by atoms with E-state index in [9.17, 15) is 0 Å². The lowest BCUT2D eigenvalue weighted by Gasteiger charge is -2.44. The van der Waals surface area contributed by atoms with Crippen LogP contribution in [0.5, 0.6) is 0 Å². The van der Waals surface area contributed by atoms with Crippen LogP contribution in [0.3, 0.4) is 0 Å². The smallest absolute Gasteiger partial charge is 0.0540 e. The van der Waals surface area contributed by atoms with Crippen molar-refractivity contribution in [3.63, 3.8) is 0 Å². The van der Waals surface area contributed by atoms with Crippen molar-refractivity contribution in [1.29, 1.82) is 0 Å². The topological polar surface area (TPSA) is 30.0 Å². The third-order valence-electron chi connectivity index (χ3n) is 6.60. The Morgan fingerprint density at radius 3 is 2.48 bits per heavy atom. The third-order valence-corrected chi connectivity index (χ3v) is 6.60. The second-order valence-electron chi connectivity index (χ2n) is 8.81. The van der Waals surface area contributed by atoms with Gasteiger partial charge >= 0.3 is 0 Å². The van der Waals surface area contributed by atoms with Gasteiger partial charge in [-0.15, -0.1) is 0 Å². The number of aliphatic hydroxyl groups is 1. The number of hydrogen-bond donors (Lipinski definition) is 1. The van der Waals surface area contributed by atoms with Gasteiger partial charge in [0, 0.05) is 63.0 Å². The molecule has 2 aromatic carbocycles. The Balaban J connectivity index is 1.28. The number of piperidine rings is 1. The lowest BCUT2D eigenvalue weighted by atomic mass is 10.0. The van der Waals surface area contributed by atoms with E-state index in [-0.39, 0.29) is 6.61 Å². The van der Waals surface area contributed by atoms with Crippen LogP contribution in [0.25, 0.3) is 0 Å². The number of hydrogen-bond acceptors (Lipinski definition) is 4. The Kier molecular flexibility index (Phi) is 7.64. The molecule has 31 heavy (non-hydrogen) atoms. The quantitative estimate of drug-likeness (QED) is 0.754. The number of piperazine rings is 1. The van der Waals surface area contributed by atoms with Gasteiger partial charge < -0.3 is 10.0 Å². The average Bonchev–Trinajstić information content (AvgIpc) is 2.81. The van der Waals surface area contributed by atoms with Gasteiger partial charge in [0.15, 0.2) is 0 Å². The first kappa shape index (κ1) is 21.9. The van der Waals surface area contributed by atoms with E-state index >= 15 is 0 Å². The van der Waals surface area contributed by atoms with E-state index in [1.165, 1.54) is 42.7 Å². The zero-order chi connectivity index (χ0) is 21.5. The summed E-state index contributed by atoms with van der Waals surface area (Å²) in [4.78, 5) is 7.90. The molecule has 4 rings (SSSR count). The van der Waals surface area contributed by atoms with E-state index in [4.69, 9.17) is 5.11 Å². The minimum atomic E-state index is 0.127. The van der Waals surface area contributed by atoms with E-state index in [0.717, 1.165) is 38.3 Å². The number of rotatable bonds is 5. The molecule has 1 atom stereocenters. The highest BCUT2D eigenvalue weighted by atomic mass is 16.2. The SMILES string of the molecule is Cc1ccccc1N1CCN([C@H]2CCCN(Cc3ccc(C#CCCO)cc3)C2)CC1. The molecule has 4 nitrogen and oxygen atoms in total. The maximum Gasteiger partial charge on any atom is 0.0540 e. The highest BCUT2D eigenvalue weighted by Crippen LogP contribution is 2.24. The Labute approximate surface area is 187 Å². The minimum Gasteiger partial charge on any atom is -0.395 e. The molecule has 2 aliphatic heterocycles. The maximum absolute atomic E-state index is 8.85. The summed E-state index contributed by atoms with van der Waals surface area (Å²) in [5, 5.41) is 8.85. The van der Waals surface area contributed by atoms with Gasteiger partial charge in [0.2, 0.25) is 0 Å². The average molecular weight is 418 g/mol. The Morgan fingerprint density at radius 1 is 0.968 bits per heavy atom. The van der Waals surface area contributed by atoms with Crippen molar-refractivity contribution in [2.45, 2.75) is 38.8 Å². The summed E-state index contributed by atoms with van der Waals surface area (Å²) in [6.45, 7) is 10.3. The molecule has 0 spiro atoms. The molecular weight excluding hydrogens is 382 g/mol. The van der Waals surface area contributed by atoms with Crippen molar-refractivity contribution in [3.8, 4) is 11.8 Å². The molecule has 2 aliphatic rings. The fourth-order valence-electron chi connectivity index (χ4n) is 4.89. The maximum atomic E-state index is 8.85. The van der Waals surface area contributed by atoms with E-state index < -0.39 is 0 Å². The second-order valence-corrected chi connectivity index (χ2v) is 8.81. The first-order valence-corrected chi connectivity index (χ1v) is 11.7. The largest absolute Gasteiger partial charge is 0.395 e. The molecule has 0 saturated carbocycles. The zero-order valence-corrected chi connectivity index (χ0v) is 18.8. The molecule has 0 bridgehead atoms. The van der Waals surface area contributed by atoms with E-state index in [1.807, 2.05) is 0 Å². The second kappa shape index (κ2) is 10.8. The van der Waals surface area contributed by atoms with Crippen molar-refractivity contribution >= 4 is 5.69 Å². The predicted molar refractivity (Wildman–Crippen MR) is 128 cm³/mol. The van der Waals surface area contributed by atoms with Crippen LogP contribution in [0.2, 0.25) is 0 Å². The number of para-hydroxylation sites is 1. The number of likely N-dealkylation sites (tertiary alicyclic amines) is 1. The first-order valence-electron chi connectivity index (χ1n) is 11.7. The summed E-state index contributed by atoms with van der Waals surface area (Å²) in [7, 11) is 0. The van der Waals surface area contributed by atoms with Gasteiger partial charge in [-0.1, -0.05) is 42.2 Å². The number of aryl methyl sites for hydroxylation is 1. The molecule has 1 N–H and O–H groups in total. The highest BCUT2D eigenvalue weighted by molar-refractivity contribution is 5.53. The van der Waals surface area contributed by atoms with Crippen molar-refractivity contribution in [2.75, 3.05) is 50.8 Å². The Bertz CT molecular complexity index is 891. The molecule has 4 heteroatoms. The molecule has 2 fully saturated rings. The molecule has 2 saturated heterocycles. The zero-order valence-electron chi connectivity index (χ0n) is 18.8. The number of nitrogens with zero attached hydrogens (tertiary/aromatic N) is 3. The van der Waals surface area contributed by atoms with Crippen molar-refractivity contribution < 1.29 is 5.11 Å². The normalized spacial score (nSPS) is 20.3. The van der Waals surface area contributed by atoms with Crippen LogP contribution in [0.1, 0.15) is 36.0 Å². The fourth-order valence-corrected chi connectivity index (χ4v) is 4.89. The summed E-state index contributed by atoms with van der Waals surface area (Å²) in [5.74, 6) is 6.10. The number of benzene rings is 2. The van der Waals surface area contributed by atoms with Gasteiger partial charge in [-0.25, -0.2) is 0 Å². The summed E-state index contributed by atoms with van der Waals surface area (Å²) in [5.41, 5.74) is 5.17. The van der Waals surface area contributed by atoms with Crippen molar-refractivity contribution in [2.24, 2.45) is 0 Å². The van der Waals surface area contributed by atoms with Gasteiger partial charge in [-0.2, -0.15) is 0 Å². The molecular formula is C27H35N3O. The van der Waals surface area contributed by atoms with E-state index in [0.29, 0.717) is 12.5 Å². The third kappa shape index (κ3) is 5.89. The van der Waals surface area contributed by atoms with E-state index in [1.54, 1.807) is 0 Å². The summed E-state index contributed by atoms with van der Waals surface area (Å²) < 4.78 is 0. The van der Waals surface area contributed by atoms with Crippen molar-refractivity contribution in [3.05, 3.63) is 65.2 Å².